The molecule has 2 heterocycles. The van der Waals surface area contributed by atoms with E-state index in [1.807, 2.05) is 13.0 Å². The zero-order valence-corrected chi connectivity index (χ0v) is 11.8. The summed E-state index contributed by atoms with van der Waals surface area (Å²) in [5, 5.41) is 0. The van der Waals surface area contributed by atoms with Crippen molar-refractivity contribution < 1.29 is 9.47 Å². The van der Waals surface area contributed by atoms with Gasteiger partial charge < -0.3 is 14.5 Å². The molecule has 0 amide bonds. The van der Waals surface area contributed by atoms with Crippen LogP contribution in [0, 0.1) is 4.64 Å². The standard InChI is InChI=1S/C13H20N2O2S/c1-3-10-9-11(18)15-12(14-10)13(17-4-2)5-7-16-8-6-13/h9H,3-8H2,1-2H3,(H,14,15,18). The molecule has 1 aromatic heterocycles. The lowest BCUT2D eigenvalue weighted by Crippen LogP contribution is -2.38. The molecule has 2 rings (SSSR count). The predicted octanol–water partition coefficient (Wildman–Crippen LogP) is 2.74. The van der Waals surface area contributed by atoms with Crippen molar-refractivity contribution in [2.75, 3.05) is 19.8 Å². The summed E-state index contributed by atoms with van der Waals surface area (Å²) in [5.74, 6) is 0.858. The Kier molecular flexibility index (Phi) is 4.48. The molecule has 1 N–H and O–H groups in total. The Balaban J connectivity index is 2.41. The third kappa shape index (κ3) is 2.79. The molecular weight excluding hydrogens is 248 g/mol. The highest BCUT2D eigenvalue weighted by Gasteiger charge is 2.37. The van der Waals surface area contributed by atoms with Crippen LogP contribution >= 0.6 is 12.2 Å². The molecule has 0 aromatic carbocycles. The molecule has 1 aromatic rings. The van der Waals surface area contributed by atoms with Gasteiger partial charge in [-0.3, -0.25) is 0 Å². The van der Waals surface area contributed by atoms with Gasteiger partial charge in [-0.1, -0.05) is 19.1 Å². The first-order valence-electron chi connectivity index (χ1n) is 6.52. The van der Waals surface area contributed by atoms with Gasteiger partial charge in [0.15, 0.2) is 0 Å². The zero-order chi connectivity index (χ0) is 13.0. The summed E-state index contributed by atoms with van der Waals surface area (Å²) in [6, 6.07) is 1.91. The third-order valence-corrected chi connectivity index (χ3v) is 3.54. The van der Waals surface area contributed by atoms with Gasteiger partial charge in [-0.15, -0.1) is 0 Å². The molecule has 5 heteroatoms. The van der Waals surface area contributed by atoms with E-state index in [0.717, 1.165) is 30.8 Å². The fraction of sp³-hybridized carbons (Fsp3) is 0.692. The Bertz CT molecular complexity index is 447. The number of hydrogen-bond donors (Lipinski definition) is 1. The molecule has 4 nitrogen and oxygen atoms in total. The monoisotopic (exact) mass is 268 g/mol. The Hall–Kier alpha value is -0.780. The number of nitrogens with one attached hydrogen (secondary N) is 1. The Morgan fingerprint density at radius 2 is 2.17 bits per heavy atom. The zero-order valence-electron chi connectivity index (χ0n) is 11.0. The van der Waals surface area contributed by atoms with Crippen LogP contribution in [0.4, 0.5) is 0 Å². The minimum absolute atomic E-state index is 0.355. The maximum absolute atomic E-state index is 5.99. The van der Waals surface area contributed by atoms with E-state index in [1.165, 1.54) is 0 Å². The van der Waals surface area contributed by atoms with Crippen LogP contribution in [0.2, 0.25) is 0 Å². The van der Waals surface area contributed by atoms with E-state index in [-0.39, 0.29) is 5.60 Å². The maximum atomic E-state index is 5.99. The molecule has 0 unspecified atom stereocenters. The second-order valence-electron chi connectivity index (χ2n) is 4.49. The fourth-order valence-electron chi connectivity index (χ4n) is 2.34. The van der Waals surface area contributed by atoms with Crippen molar-refractivity contribution in [2.24, 2.45) is 0 Å². The minimum atomic E-state index is -0.355. The fourth-order valence-corrected chi connectivity index (χ4v) is 2.57. The molecule has 0 atom stereocenters. The average Bonchev–Trinajstić information content (AvgIpc) is 2.39. The second kappa shape index (κ2) is 5.91. The largest absolute Gasteiger partial charge is 0.381 e. The number of hydrogen-bond acceptors (Lipinski definition) is 4. The van der Waals surface area contributed by atoms with E-state index in [4.69, 9.17) is 21.7 Å². The summed E-state index contributed by atoms with van der Waals surface area (Å²) in [6.07, 6.45) is 2.57. The molecule has 0 bridgehead atoms. The maximum Gasteiger partial charge on any atom is 0.140 e. The first-order valence-corrected chi connectivity index (χ1v) is 6.93. The highest BCUT2D eigenvalue weighted by molar-refractivity contribution is 7.71. The van der Waals surface area contributed by atoms with E-state index >= 15 is 0 Å². The molecule has 1 fully saturated rings. The van der Waals surface area contributed by atoms with Crippen molar-refractivity contribution in [3.63, 3.8) is 0 Å². The van der Waals surface area contributed by atoms with Crippen molar-refractivity contribution in [3.05, 3.63) is 22.2 Å². The van der Waals surface area contributed by atoms with Gasteiger partial charge in [-0.05, 0) is 19.4 Å². The van der Waals surface area contributed by atoms with Crippen molar-refractivity contribution in [2.45, 2.75) is 38.7 Å². The quantitative estimate of drug-likeness (QED) is 0.853. The number of aromatic amines is 1. The summed E-state index contributed by atoms with van der Waals surface area (Å²) < 4.78 is 12.1. The highest BCUT2D eigenvalue weighted by Crippen LogP contribution is 2.33. The topological polar surface area (TPSA) is 47.1 Å². The van der Waals surface area contributed by atoms with Crippen LogP contribution < -0.4 is 0 Å². The number of nitrogens with zero attached hydrogens (tertiary/aromatic N) is 1. The van der Waals surface area contributed by atoms with Crippen LogP contribution in [0.1, 0.15) is 38.2 Å². The van der Waals surface area contributed by atoms with Gasteiger partial charge in [-0.2, -0.15) is 0 Å². The molecule has 18 heavy (non-hydrogen) atoms. The first-order chi connectivity index (χ1) is 8.70. The predicted molar refractivity (Wildman–Crippen MR) is 72.2 cm³/mol. The third-order valence-electron chi connectivity index (χ3n) is 3.33. The molecule has 1 aliphatic heterocycles. The summed E-state index contributed by atoms with van der Waals surface area (Å²) >= 11 is 5.24. The molecule has 0 aliphatic carbocycles. The van der Waals surface area contributed by atoms with Crippen molar-refractivity contribution >= 4 is 12.2 Å². The summed E-state index contributed by atoms with van der Waals surface area (Å²) in [4.78, 5) is 7.85. The minimum Gasteiger partial charge on any atom is -0.381 e. The lowest BCUT2D eigenvalue weighted by molar-refractivity contribution is -0.118. The SMILES string of the molecule is CCOC1(c2nc(=S)cc(CC)[nH]2)CCOCC1. The van der Waals surface area contributed by atoms with Gasteiger partial charge in [-0.25, -0.2) is 4.98 Å². The van der Waals surface area contributed by atoms with Gasteiger partial charge in [0.2, 0.25) is 0 Å². The Morgan fingerprint density at radius 3 is 2.78 bits per heavy atom. The van der Waals surface area contributed by atoms with Crippen molar-refractivity contribution in [1.29, 1.82) is 0 Å². The summed E-state index contributed by atoms with van der Waals surface area (Å²) in [6.45, 7) is 6.19. The van der Waals surface area contributed by atoms with E-state index in [9.17, 15) is 0 Å². The number of aromatic nitrogens is 2. The Labute approximate surface area is 113 Å². The normalized spacial score (nSPS) is 18.8. The van der Waals surface area contributed by atoms with Crippen LogP contribution in [0.15, 0.2) is 6.07 Å². The lowest BCUT2D eigenvalue weighted by Gasteiger charge is -2.36. The van der Waals surface area contributed by atoms with Crippen LogP contribution in [0.3, 0.4) is 0 Å². The molecule has 1 saturated heterocycles. The van der Waals surface area contributed by atoms with Gasteiger partial charge in [0.1, 0.15) is 16.1 Å². The van der Waals surface area contributed by atoms with Gasteiger partial charge in [0, 0.05) is 38.4 Å². The van der Waals surface area contributed by atoms with Crippen LogP contribution in [0.5, 0.6) is 0 Å². The second-order valence-corrected chi connectivity index (χ2v) is 4.90. The molecule has 0 spiro atoms. The number of ether oxygens (including phenoxy) is 2. The molecular formula is C13H20N2O2S. The van der Waals surface area contributed by atoms with Crippen molar-refractivity contribution in [1.82, 2.24) is 9.97 Å². The van der Waals surface area contributed by atoms with Crippen LogP contribution in [0.25, 0.3) is 0 Å². The van der Waals surface area contributed by atoms with E-state index < -0.39 is 0 Å². The van der Waals surface area contributed by atoms with Gasteiger partial charge >= 0.3 is 0 Å². The smallest absolute Gasteiger partial charge is 0.140 e. The Morgan fingerprint density at radius 1 is 1.44 bits per heavy atom. The molecule has 1 aliphatic rings. The molecule has 0 saturated carbocycles. The van der Waals surface area contributed by atoms with Crippen LogP contribution in [-0.4, -0.2) is 29.8 Å². The first kappa shape index (κ1) is 13.6. The summed E-state index contributed by atoms with van der Waals surface area (Å²) in [5.41, 5.74) is 0.752. The van der Waals surface area contributed by atoms with Crippen molar-refractivity contribution in [3.8, 4) is 0 Å². The van der Waals surface area contributed by atoms with Crippen LogP contribution in [-0.2, 0) is 21.5 Å². The number of H-pyrrole nitrogens is 1. The number of rotatable bonds is 4. The summed E-state index contributed by atoms with van der Waals surface area (Å²) in [7, 11) is 0. The highest BCUT2D eigenvalue weighted by atomic mass is 32.1. The molecule has 100 valence electrons. The average molecular weight is 268 g/mol. The van der Waals surface area contributed by atoms with Gasteiger partial charge in [0.25, 0.3) is 0 Å². The lowest BCUT2D eigenvalue weighted by atomic mass is 9.92. The molecule has 0 radical (unpaired) electrons. The van der Waals surface area contributed by atoms with E-state index in [2.05, 4.69) is 16.9 Å². The van der Waals surface area contributed by atoms with Gasteiger partial charge in [0.05, 0.1) is 0 Å². The van der Waals surface area contributed by atoms with E-state index in [0.29, 0.717) is 24.5 Å². The number of aryl methyl sites for hydroxylation is 1. The van der Waals surface area contributed by atoms with E-state index in [1.54, 1.807) is 0 Å².